The third-order valence-electron chi connectivity index (χ3n) is 2.53. The number of allylic oxidation sites excluding steroid dienone is 2. The molecule has 1 aliphatic carbocycles. The van der Waals surface area contributed by atoms with Crippen molar-refractivity contribution >= 4 is 22.7 Å². The molecule has 2 nitrogen and oxygen atoms in total. The van der Waals surface area contributed by atoms with Crippen molar-refractivity contribution in [1.82, 2.24) is 0 Å². The summed E-state index contributed by atoms with van der Waals surface area (Å²) in [4.78, 5) is 12.7. The van der Waals surface area contributed by atoms with Crippen molar-refractivity contribution < 1.29 is 4.79 Å². The summed E-state index contributed by atoms with van der Waals surface area (Å²) in [6.07, 6.45) is 4.83. The molecule has 0 amide bonds. The van der Waals surface area contributed by atoms with E-state index in [0.29, 0.717) is 0 Å². The summed E-state index contributed by atoms with van der Waals surface area (Å²) in [5.74, 6) is -0.0773. The number of nitrogens with zero attached hydrogens (tertiary/aromatic N) is 1. The zero-order valence-electron chi connectivity index (χ0n) is 8.32. The van der Waals surface area contributed by atoms with E-state index in [1.165, 1.54) is 10.4 Å². The summed E-state index contributed by atoms with van der Waals surface area (Å²) in [6, 6.07) is 3.96. The van der Waals surface area contributed by atoms with Gasteiger partial charge in [0.05, 0.1) is 12.5 Å². The van der Waals surface area contributed by atoms with E-state index >= 15 is 0 Å². The lowest BCUT2D eigenvalue weighted by Crippen LogP contribution is -2.00. The summed E-state index contributed by atoms with van der Waals surface area (Å²) >= 11 is 1.75. The lowest BCUT2D eigenvalue weighted by atomic mass is 9.92. The van der Waals surface area contributed by atoms with Crippen LogP contribution in [0.25, 0.3) is 5.57 Å². The number of rotatable bonds is 2. The molecular weight excluding hydrogens is 206 g/mol. The summed E-state index contributed by atoms with van der Waals surface area (Å²) in [5.41, 5.74) is 2.33. The van der Waals surface area contributed by atoms with E-state index in [1.54, 1.807) is 17.4 Å². The second-order valence-electron chi connectivity index (χ2n) is 3.58. The first-order valence-electron chi connectivity index (χ1n) is 4.98. The van der Waals surface area contributed by atoms with Gasteiger partial charge in [-0.25, -0.2) is 0 Å². The SMILES string of the molecule is N#CCC(=O)/C=C1/CCCc2sccc21. The van der Waals surface area contributed by atoms with Gasteiger partial charge in [-0.3, -0.25) is 4.79 Å². The first kappa shape index (κ1) is 10.1. The molecule has 0 unspecified atom stereocenters. The Bertz CT molecular complexity index is 450. The van der Waals surface area contributed by atoms with Crippen LogP contribution < -0.4 is 0 Å². The highest BCUT2D eigenvalue weighted by Gasteiger charge is 2.15. The Kier molecular flexibility index (Phi) is 2.98. The second kappa shape index (κ2) is 4.41. The third-order valence-corrected chi connectivity index (χ3v) is 3.51. The van der Waals surface area contributed by atoms with Crippen LogP contribution in [-0.2, 0) is 11.2 Å². The summed E-state index contributed by atoms with van der Waals surface area (Å²) < 4.78 is 0. The highest BCUT2D eigenvalue weighted by atomic mass is 32.1. The number of nitriles is 1. The Morgan fingerprint density at radius 2 is 2.47 bits per heavy atom. The third kappa shape index (κ3) is 2.16. The number of thiophene rings is 1. The van der Waals surface area contributed by atoms with E-state index in [2.05, 4.69) is 11.4 Å². The minimum atomic E-state index is -0.0773. The van der Waals surface area contributed by atoms with Crippen LogP contribution in [0.4, 0.5) is 0 Å². The largest absolute Gasteiger partial charge is 0.294 e. The van der Waals surface area contributed by atoms with Crippen LogP contribution in [0.2, 0.25) is 0 Å². The topological polar surface area (TPSA) is 40.9 Å². The average Bonchev–Trinajstić information content (AvgIpc) is 2.67. The van der Waals surface area contributed by atoms with Gasteiger partial charge in [0.1, 0.15) is 0 Å². The molecule has 0 aliphatic heterocycles. The molecule has 1 aromatic heterocycles. The maximum Gasteiger partial charge on any atom is 0.170 e. The Morgan fingerprint density at radius 3 is 3.27 bits per heavy atom. The highest BCUT2D eigenvalue weighted by Crippen LogP contribution is 2.34. The van der Waals surface area contributed by atoms with Gasteiger partial charge in [-0.1, -0.05) is 0 Å². The summed E-state index contributed by atoms with van der Waals surface area (Å²) in [7, 11) is 0. The van der Waals surface area contributed by atoms with E-state index in [4.69, 9.17) is 5.26 Å². The molecule has 1 heterocycles. The van der Waals surface area contributed by atoms with Crippen LogP contribution in [0.15, 0.2) is 17.5 Å². The van der Waals surface area contributed by atoms with E-state index in [-0.39, 0.29) is 12.2 Å². The predicted octanol–water partition coefficient (Wildman–Crippen LogP) is 2.95. The number of aryl methyl sites for hydroxylation is 1. The monoisotopic (exact) mass is 217 g/mol. The van der Waals surface area contributed by atoms with Crippen LogP contribution in [0, 0.1) is 11.3 Å². The van der Waals surface area contributed by atoms with Gasteiger partial charge in [-0.15, -0.1) is 11.3 Å². The number of hydrogen-bond donors (Lipinski definition) is 0. The van der Waals surface area contributed by atoms with Crippen molar-refractivity contribution in [2.75, 3.05) is 0 Å². The lowest BCUT2D eigenvalue weighted by molar-refractivity contribution is -0.113. The number of carbonyl (C=O) groups excluding carboxylic acids is 1. The van der Waals surface area contributed by atoms with Crippen molar-refractivity contribution in [1.29, 1.82) is 5.26 Å². The molecule has 15 heavy (non-hydrogen) atoms. The molecule has 0 saturated carbocycles. The molecule has 0 bridgehead atoms. The Hall–Kier alpha value is -1.40. The van der Waals surface area contributed by atoms with Gasteiger partial charge in [0.2, 0.25) is 0 Å². The zero-order valence-corrected chi connectivity index (χ0v) is 9.14. The van der Waals surface area contributed by atoms with Gasteiger partial charge in [-0.2, -0.15) is 5.26 Å². The normalized spacial score (nSPS) is 17.1. The maximum atomic E-state index is 11.3. The number of hydrogen-bond acceptors (Lipinski definition) is 3. The molecule has 0 spiro atoms. The van der Waals surface area contributed by atoms with Crippen molar-refractivity contribution in [3.05, 3.63) is 28.0 Å². The fraction of sp³-hybridized carbons (Fsp3) is 0.333. The minimum absolute atomic E-state index is 0.0109. The summed E-state index contributed by atoms with van der Waals surface area (Å²) in [5, 5.41) is 10.5. The molecule has 3 heteroatoms. The van der Waals surface area contributed by atoms with Gasteiger partial charge < -0.3 is 0 Å². The van der Waals surface area contributed by atoms with Gasteiger partial charge in [0.25, 0.3) is 0 Å². The van der Waals surface area contributed by atoms with E-state index in [0.717, 1.165) is 24.8 Å². The fourth-order valence-electron chi connectivity index (χ4n) is 1.87. The van der Waals surface area contributed by atoms with Gasteiger partial charge >= 0.3 is 0 Å². The van der Waals surface area contributed by atoms with Crippen molar-refractivity contribution in [2.24, 2.45) is 0 Å². The first-order valence-corrected chi connectivity index (χ1v) is 5.86. The molecule has 0 aromatic carbocycles. The van der Waals surface area contributed by atoms with Crippen LogP contribution in [0.3, 0.4) is 0 Å². The molecule has 1 aliphatic rings. The van der Waals surface area contributed by atoms with Crippen LogP contribution in [0.5, 0.6) is 0 Å². The van der Waals surface area contributed by atoms with Gasteiger partial charge in [0.15, 0.2) is 5.78 Å². The average molecular weight is 217 g/mol. The zero-order chi connectivity index (χ0) is 10.7. The second-order valence-corrected chi connectivity index (χ2v) is 4.58. The number of carbonyl (C=O) groups is 1. The molecule has 0 N–H and O–H groups in total. The van der Waals surface area contributed by atoms with Gasteiger partial charge in [0, 0.05) is 4.88 Å². The van der Waals surface area contributed by atoms with E-state index < -0.39 is 0 Å². The molecule has 0 radical (unpaired) electrons. The smallest absolute Gasteiger partial charge is 0.170 e. The first-order chi connectivity index (χ1) is 7.31. The summed E-state index contributed by atoms with van der Waals surface area (Å²) in [6.45, 7) is 0. The highest BCUT2D eigenvalue weighted by molar-refractivity contribution is 7.10. The van der Waals surface area contributed by atoms with Crippen LogP contribution in [-0.4, -0.2) is 5.78 Å². The standard InChI is InChI=1S/C12H11NOS/c13-6-4-10(14)8-9-2-1-3-12-11(9)5-7-15-12/h5,7-8H,1-4H2/b9-8-. The Labute approximate surface area is 92.8 Å². The van der Waals surface area contributed by atoms with Crippen molar-refractivity contribution in [3.63, 3.8) is 0 Å². The molecule has 0 fully saturated rings. The molecule has 0 atom stereocenters. The lowest BCUT2D eigenvalue weighted by Gasteiger charge is -2.14. The quantitative estimate of drug-likeness (QED) is 0.714. The van der Waals surface area contributed by atoms with E-state index in [9.17, 15) is 4.79 Å². The van der Waals surface area contributed by atoms with E-state index in [1.807, 2.05) is 6.07 Å². The fourth-order valence-corrected chi connectivity index (χ4v) is 2.82. The number of fused-ring (bicyclic) bond motifs is 1. The van der Waals surface area contributed by atoms with Gasteiger partial charge in [-0.05, 0) is 47.9 Å². The Balaban J connectivity index is 2.27. The van der Waals surface area contributed by atoms with Crippen molar-refractivity contribution in [3.8, 4) is 6.07 Å². The molecule has 1 aromatic rings. The van der Waals surface area contributed by atoms with Crippen molar-refractivity contribution in [2.45, 2.75) is 25.7 Å². The number of ketones is 1. The van der Waals surface area contributed by atoms with Crippen LogP contribution >= 0.6 is 11.3 Å². The molecule has 76 valence electrons. The molecular formula is C12H11NOS. The maximum absolute atomic E-state index is 11.3. The Morgan fingerprint density at radius 1 is 1.60 bits per heavy atom. The molecule has 0 saturated heterocycles. The predicted molar refractivity (Wildman–Crippen MR) is 60.5 cm³/mol. The minimum Gasteiger partial charge on any atom is -0.294 e. The van der Waals surface area contributed by atoms with Crippen LogP contribution in [0.1, 0.15) is 29.7 Å². The molecule has 2 rings (SSSR count).